The van der Waals surface area contributed by atoms with Gasteiger partial charge in [0.1, 0.15) is 6.61 Å². The van der Waals surface area contributed by atoms with Gasteiger partial charge in [-0.15, -0.1) is 0 Å². The highest BCUT2D eigenvalue weighted by Crippen LogP contribution is 2.17. The third kappa shape index (κ3) is 2.97. The summed E-state index contributed by atoms with van der Waals surface area (Å²) in [6.07, 6.45) is 0. The van der Waals surface area contributed by atoms with Crippen LogP contribution in [0.15, 0.2) is 18.2 Å². The first-order valence-electron chi connectivity index (χ1n) is 5.29. The highest BCUT2D eigenvalue weighted by Gasteiger charge is 2.10. The largest absolute Gasteiger partial charge is 0.461 e. The number of hydrogen-bond donors (Lipinski definition) is 2. The Hall–Kier alpha value is -1.55. The lowest BCUT2D eigenvalue weighted by atomic mass is 10.1. The summed E-state index contributed by atoms with van der Waals surface area (Å²) in [5.74, 6) is -0.340. The predicted molar refractivity (Wildman–Crippen MR) is 63.4 cm³/mol. The second-order valence-electron chi connectivity index (χ2n) is 3.95. The van der Waals surface area contributed by atoms with Crippen LogP contribution in [0.4, 0.5) is 5.69 Å². The Morgan fingerprint density at radius 1 is 1.44 bits per heavy atom. The molecule has 0 spiro atoms. The summed E-state index contributed by atoms with van der Waals surface area (Å²) < 4.78 is 5.14. The van der Waals surface area contributed by atoms with Gasteiger partial charge in [-0.25, -0.2) is 0 Å². The fourth-order valence-corrected chi connectivity index (χ4v) is 1.35. The van der Waals surface area contributed by atoms with E-state index in [-0.39, 0.29) is 18.5 Å². The zero-order valence-corrected chi connectivity index (χ0v) is 9.69. The fourth-order valence-electron chi connectivity index (χ4n) is 1.35. The van der Waals surface area contributed by atoms with Gasteiger partial charge in [-0.3, -0.25) is 4.79 Å². The smallest absolute Gasteiger partial charge is 0.308 e. The minimum atomic E-state index is -0.217. The summed E-state index contributed by atoms with van der Waals surface area (Å²) >= 11 is 0. The molecule has 0 atom stereocenters. The van der Waals surface area contributed by atoms with Gasteiger partial charge in [-0.1, -0.05) is 26.0 Å². The number of anilines is 1. The number of hydrogen-bond acceptors (Lipinski definition) is 4. The fraction of sp³-hybridized carbons (Fsp3) is 0.417. The monoisotopic (exact) mass is 222 g/mol. The lowest BCUT2D eigenvalue weighted by Crippen LogP contribution is -2.13. The van der Waals surface area contributed by atoms with Gasteiger partial charge in [-0.2, -0.15) is 0 Å². The van der Waals surface area contributed by atoms with E-state index in [1.54, 1.807) is 19.9 Å². The van der Waals surface area contributed by atoms with Crippen LogP contribution in [0, 0.1) is 5.92 Å². The Balaban J connectivity index is 2.74. The molecule has 0 heterocycles. The molecular formula is C12H18N2O2. The Kier molecular flexibility index (Phi) is 4.31. The van der Waals surface area contributed by atoms with Gasteiger partial charge < -0.3 is 16.2 Å². The Morgan fingerprint density at radius 3 is 2.69 bits per heavy atom. The highest BCUT2D eigenvalue weighted by atomic mass is 16.5. The molecule has 16 heavy (non-hydrogen) atoms. The van der Waals surface area contributed by atoms with E-state index >= 15 is 0 Å². The normalized spacial score (nSPS) is 10.5. The molecule has 0 saturated heterocycles. The van der Waals surface area contributed by atoms with Crippen LogP contribution in [0.1, 0.15) is 25.0 Å². The molecule has 88 valence electrons. The van der Waals surface area contributed by atoms with Gasteiger partial charge >= 0.3 is 5.97 Å². The van der Waals surface area contributed by atoms with Crippen LogP contribution in [0.5, 0.6) is 0 Å². The van der Waals surface area contributed by atoms with Gasteiger partial charge in [0, 0.05) is 12.2 Å². The molecule has 1 aromatic carbocycles. The average molecular weight is 222 g/mol. The number of nitrogen functional groups attached to an aromatic ring is 1. The molecule has 4 heteroatoms. The molecule has 0 aliphatic carbocycles. The molecule has 1 aromatic rings. The van der Waals surface area contributed by atoms with Gasteiger partial charge in [0.2, 0.25) is 0 Å². The van der Waals surface area contributed by atoms with Crippen LogP contribution in [0.3, 0.4) is 0 Å². The van der Waals surface area contributed by atoms with Crippen molar-refractivity contribution in [2.45, 2.75) is 27.0 Å². The summed E-state index contributed by atoms with van der Waals surface area (Å²) in [5, 5.41) is 0. The first-order chi connectivity index (χ1) is 7.56. The number of ether oxygens (including phenoxy) is 1. The van der Waals surface area contributed by atoms with Gasteiger partial charge in [0.15, 0.2) is 0 Å². The van der Waals surface area contributed by atoms with E-state index < -0.39 is 0 Å². The molecule has 1 rings (SSSR count). The molecule has 4 N–H and O–H groups in total. The number of nitrogens with two attached hydrogens (primary N) is 2. The van der Waals surface area contributed by atoms with E-state index in [1.165, 1.54) is 0 Å². The first-order valence-corrected chi connectivity index (χ1v) is 5.29. The standard InChI is InChI=1S/C12H18N2O2/c1-8(2)12(15)16-7-9-4-3-5-11(14)10(9)6-13/h3-5,8H,6-7,13-14H2,1-2H3. The molecule has 0 fully saturated rings. The summed E-state index contributed by atoms with van der Waals surface area (Å²) in [5.41, 5.74) is 13.7. The molecule has 0 unspecified atom stereocenters. The molecular weight excluding hydrogens is 204 g/mol. The molecule has 0 saturated carbocycles. The zero-order valence-electron chi connectivity index (χ0n) is 9.69. The van der Waals surface area contributed by atoms with Crippen molar-refractivity contribution >= 4 is 11.7 Å². The quantitative estimate of drug-likeness (QED) is 0.596. The van der Waals surface area contributed by atoms with Crippen LogP contribution in [-0.4, -0.2) is 5.97 Å². The SMILES string of the molecule is CC(C)C(=O)OCc1cccc(N)c1CN. The van der Waals surface area contributed by atoms with E-state index in [4.69, 9.17) is 16.2 Å². The maximum absolute atomic E-state index is 11.3. The van der Waals surface area contributed by atoms with Crippen molar-refractivity contribution in [1.82, 2.24) is 0 Å². The third-order valence-electron chi connectivity index (χ3n) is 2.35. The zero-order chi connectivity index (χ0) is 12.1. The average Bonchev–Trinajstić information content (AvgIpc) is 2.25. The molecule has 0 bridgehead atoms. The van der Waals surface area contributed by atoms with Gasteiger partial charge in [-0.05, 0) is 17.2 Å². The maximum atomic E-state index is 11.3. The van der Waals surface area contributed by atoms with Gasteiger partial charge in [0.05, 0.1) is 5.92 Å². The van der Waals surface area contributed by atoms with E-state index in [9.17, 15) is 4.79 Å². The summed E-state index contributed by atoms with van der Waals surface area (Å²) in [6, 6.07) is 5.48. The predicted octanol–water partition coefficient (Wildman–Crippen LogP) is 1.43. The van der Waals surface area contributed by atoms with Crippen molar-refractivity contribution in [3.8, 4) is 0 Å². The molecule has 0 radical (unpaired) electrons. The molecule has 0 aliphatic heterocycles. The first kappa shape index (κ1) is 12.5. The van der Waals surface area contributed by atoms with Crippen LogP contribution in [-0.2, 0) is 22.7 Å². The summed E-state index contributed by atoms with van der Waals surface area (Å²) in [7, 11) is 0. The van der Waals surface area contributed by atoms with Crippen molar-refractivity contribution in [3.05, 3.63) is 29.3 Å². The third-order valence-corrected chi connectivity index (χ3v) is 2.35. The minimum Gasteiger partial charge on any atom is -0.461 e. The Morgan fingerprint density at radius 2 is 2.12 bits per heavy atom. The Labute approximate surface area is 95.6 Å². The maximum Gasteiger partial charge on any atom is 0.308 e. The topological polar surface area (TPSA) is 78.3 Å². The number of carbonyl (C=O) groups excluding carboxylic acids is 1. The van der Waals surface area contributed by atoms with E-state index in [1.807, 2.05) is 12.1 Å². The lowest BCUT2D eigenvalue weighted by Gasteiger charge is -2.12. The van der Waals surface area contributed by atoms with E-state index in [0.717, 1.165) is 11.1 Å². The molecule has 4 nitrogen and oxygen atoms in total. The number of benzene rings is 1. The van der Waals surface area contributed by atoms with E-state index in [2.05, 4.69) is 0 Å². The number of esters is 1. The van der Waals surface area contributed by atoms with Crippen LogP contribution in [0.25, 0.3) is 0 Å². The molecule has 0 amide bonds. The minimum absolute atomic E-state index is 0.123. The molecule has 0 aromatic heterocycles. The van der Waals surface area contributed by atoms with Crippen molar-refractivity contribution in [1.29, 1.82) is 0 Å². The van der Waals surface area contributed by atoms with E-state index in [0.29, 0.717) is 12.2 Å². The van der Waals surface area contributed by atoms with Crippen LogP contribution < -0.4 is 11.5 Å². The summed E-state index contributed by atoms with van der Waals surface area (Å²) in [6.45, 7) is 4.17. The lowest BCUT2D eigenvalue weighted by molar-refractivity contribution is -0.148. The van der Waals surface area contributed by atoms with Crippen molar-refractivity contribution in [2.24, 2.45) is 11.7 Å². The van der Waals surface area contributed by atoms with Crippen molar-refractivity contribution < 1.29 is 9.53 Å². The summed E-state index contributed by atoms with van der Waals surface area (Å²) in [4.78, 5) is 11.3. The van der Waals surface area contributed by atoms with Crippen molar-refractivity contribution in [3.63, 3.8) is 0 Å². The second-order valence-corrected chi connectivity index (χ2v) is 3.95. The number of rotatable bonds is 4. The highest BCUT2D eigenvalue weighted by molar-refractivity contribution is 5.71. The van der Waals surface area contributed by atoms with Crippen molar-refractivity contribution in [2.75, 3.05) is 5.73 Å². The Bertz CT molecular complexity index is 375. The molecule has 0 aliphatic rings. The number of carbonyl (C=O) groups is 1. The second kappa shape index (κ2) is 5.51. The van der Waals surface area contributed by atoms with Gasteiger partial charge in [0.25, 0.3) is 0 Å². The van der Waals surface area contributed by atoms with Crippen LogP contribution in [0.2, 0.25) is 0 Å². The van der Waals surface area contributed by atoms with Crippen LogP contribution >= 0.6 is 0 Å².